The van der Waals surface area contributed by atoms with Gasteiger partial charge in [0.15, 0.2) is 6.61 Å². The van der Waals surface area contributed by atoms with Gasteiger partial charge in [0, 0.05) is 24.3 Å². The Balaban J connectivity index is 2.25. The predicted octanol–water partition coefficient (Wildman–Crippen LogP) is 4.91. The molecule has 0 aliphatic carbocycles. The maximum Gasteiger partial charge on any atom is 0.853 e. The Morgan fingerprint density at radius 3 is 2.52 bits per heavy atom. The van der Waals surface area contributed by atoms with Crippen molar-refractivity contribution >= 4 is 19.1 Å². The molecule has 7 heteroatoms. The molecule has 1 aromatic rings. The second-order valence-electron chi connectivity index (χ2n) is 8.16. The zero-order chi connectivity index (χ0) is 22.9. The molecule has 4 nitrogen and oxygen atoms in total. The van der Waals surface area contributed by atoms with Crippen LogP contribution in [0.5, 0.6) is 0 Å². The molecule has 0 saturated heterocycles. The molecule has 2 heterocycles. The van der Waals surface area contributed by atoms with Crippen molar-refractivity contribution in [3.8, 4) is 12.3 Å². The Morgan fingerprint density at radius 2 is 1.94 bits per heavy atom. The summed E-state index contributed by atoms with van der Waals surface area (Å²) >= 11 is 0. The van der Waals surface area contributed by atoms with Crippen LogP contribution < -0.4 is 0 Å². The van der Waals surface area contributed by atoms with E-state index in [2.05, 4.69) is 5.92 Å². The minimum Gasteiger partial charge on any atom is -0.449 e. The highest BCUT2D eigenvalue weighted by Crippen LogP contribution is 2.48. The molecule has 3 rings (SSSR count). The number of quaternary nitrogens is 1. The number of nitrogens with zero attached hydrogens (tertiary/aromatic N) is 2. The van der Waals surface area contributed by atoms with E-state index in [0.717, 1.165) is 16.9 Å². The van der Waals surface area contributed by atoms with Gasteiger partial charge in [-0.3, -0.25) is 9.39 Å². The van der Waals surface area contributed by atoms with E-state index in [-0.39, 0.29) is 6.61 Å². The maximum atomic E-state index is 14.5. The molecule has 31 heavy (non-hydrogen) atoms. The summed E-state index contributed by atoms with van der Waals surface area (Å²) in [5, 5.41) is 0. The lowest BCUT2D eigenvalue weighted by molar-refractivity contribution is -0.735. The standard InChI is InChI=1S/C24H26BF2N2O2/c1-7-12-31-24(30)20-11-9-8-10-19(20)21(22-15(2)13-17(4)28-22)23-16(3)14-18(5)29(23,6)25(26)27/h1,8-11,13-14,21-22H,12H2,2-6H3/q+1/t21?,22?,29-/m0/s1. The van der Waals surface area contributed by atoms with Crippen molar-refractivity contribution in [2.24, 2.45) is 4.99 Å². The van der Waals surface area contributed by atoms with Gasteiger partial charge >= 0.3 is 13.4 Å². The number of terminal acetylenes is 1. The van der Waals surface area contributed by atoms with Gasteiger partial charge in [0.2, 0.25) is 0 Å². The quantitative estimate of drug-likeness (QED) is 0.371. The number of esters is 1. The van der Waals surface area contributed by atoms with Crippen LogP contribution in [0.15, 0.2) is 64.0 Å². The summed E-state index contributed by atoms with van der Waals surface area (Å²) in [4.78, 5) is 17.6. The molecule has 0 N–H and O–H groups in total. The molecule has 0 bridgehead atoms. The highest BCUT2D eigenvalue weighted by molar-refractivity contribution is 6.34. The second-order valence-corrected chi connectivity index (χ2v) is 8.16. The van der Waals surface area contributed by atoms with Gasteiger partial charge in [0.1, 0.15) is 5.70 Å². The molecule has 0 radical (unpaired) electrons. The molecule has 0 amide bonds. The third-order valence-corrected chi connectivity index (χ3v) is 6.11. The van der Waals surface area contributed by atoms with Crippen LogP contribution in [-0.2, 0) is 4.74 Å². The van der Waals surface area contributed by atoms with E-state index in [4.69, 9.17) is 16.2 Å². The van der Waals surface area contributed by atoms with Crippen LogP contribution in [0.25, 0.3) is 0 Å². The van der Waals surface area contributed by atoms with Crippen molar-refractivity contribution in [2.75, 3.05) is 13.7 Å². The fourth-order valence-corrected chi connectivity index (χ4v) is 4.59. The molecule has 0 aromatic heterocycles. The highest BCUT2D eigenvalue weighted by Gasteiger charge is 2.56. The van der Waals surface area contributed by atoms with Gasteiger partial charge in [-0.15, -0.1) is 6.42 Å². The molecular weight excluding hydrogens is 397 g/mol. The SMILES string of the molecule is C#CCOC(=O)c1ccccc1C(C1=C(C)C=C(C)[N@+]1(C)B(F)F)C1N=C(C)C=C1C. The van der Waals surface area contributed by atoms with Crippen LogP contribution in [0, 0.1) is 12.3 Å². The normalized spacial score (nSPS) is 23.7. The largest absolute Gasteiger partial charge is 0.853 e. The highest BCUT2D eigenvalue weighted by atomic mass is 19.2. The zero-order valence-electron chi connectivity index (χ0n) is 18.4. The molecular formula is C24H26BF2N2O2+. The fraction of sp³-hybridized carbons (Fsp3) is 0.333. The number of likely N-dealkylation sites (N-methyl/N-ethyl adjacent to an activating group) is 1. The number of aliphatic imine (C=N–C) groups is 1. The Hall–Kier alpha value is -2.98. The third-order valence-electron chi connectivity index (χ3n) is 6.11. The first-order valence-electron chi connectivity index (χ1n) is 10.1. The Bertz CT molecular complexity index is 1080. The number of carbonyl (C=O) groups excluding carboxylic acids is 1. The number of benzene rings is 1. The number of halogens is 2. The van der Waals surface area contributed by atoms with Gasteiger partial charge in [-0.2, -0.15) is 0 Å². The van der Waals surface area contributed by atoms with Crippen LogP contribution in [0.4, 0.5) is 8.63 Å². The number of hydrogen-bond donors (Lipinski definition) is 0. The first kappa shape index (κ1) is 22.7. The van der Waals surface area contributed by atoms with E-state index >= 15 is 0 Å². The fourth-order valence-electron chi connectivity index (χ4n) is 4.59. The summed E-state index contributed by atoms with van der Waals surface area (Å²) in [7, 11) is -1.15. The van der Waals surface area contributed by atoms with Gasteiger partial charge < -0.3 is 4.74 Å². The van der Waals surface area contributed by atoms with Crippen LogP contribution in [0.2, 0.25) is 0 Å². The van der Waals surface area contributed by atoms with E-state index in [1.165, 1.54) is 7.05 Å². The van der Waals surface area contributed by atoms with Gasteiger partial charge in [0.05, 0.1) is 30.3 Å². The monoisotopic (exact) mass is 423 g/mol. The molecule has 2 unspecified atom stereocenters. The number of rotatable bonds is 6. The van der Waals surface area contributed by atoms with E-state index < -0.39 is 29.7 Å². The Kier molecular flexibility index (Phi) is 6.33. The molecule has 3 atom stereocenters. The predicted molar refractivity (Wildman–Crippen MR) is 120 cm³/mol. The zero-order valence-corrected chi connectivity index (χ0v) is 18.4. The summed E-state index contributed by atoms with van der Waals surface area (Å²) in [5.41, 5.74) is 4.52. The Morgan fingerprint density at radius 1 is 1.26 bits per heavy atom. The summed E-state index contributed by atoms with van der Waals surface area (Å²) in [6, 6.07) is 6.55. The summed E-state index contributed by atoms with van der Waals surface area (Å²) in [5.74, 6) is 1.14. The second kappa shape index (κ2) is 8.64. The number of hydrogen-bond acceptors (Lipinski definition) is 3. The van der Waals surface area contributed by atoms with Crippen molar-refractivity contribution < 1.29 is 22.6 Å². The van der Waals surface area contributed by atoms with Crippen molar-refractivity contribution in [2.45, 2.75) is 39.7 Å². The summed E-state index contributed by atoms with van der Waals surface area (Å²) in [6.07, 6.45) is 8.98. The van der Waals surface area contributed by atoms with E-state index in [1.54, 1.807) is 37.3 Å². The summed E-state index contributed by atoms with van der Waals surface area (Å²) < 4.78 is 33.5. The molecule has 2 aliphatic heterocycles. The molecule has 0 fully saturated rings. The van der Waals surface area contributed by atoms with Gasteiger partial charge in [-0.25, -0.2) is 13.4 Å². The van der Waals surface area contributed by atoms with Crippen LogP contribution >= 0.6 is 0 Å². The maximum absolute atomic E-state index is 14.5. The van der Waals surface area contributed by atoms with Crippen molar-refractivity contribution in [1.29, 1.82) is 0 Å². The van der Waals surface area contributed by atoms with Crippen molar-refractivity contribution in [3.63, 3.8) is 0 Å². The van der Waals surface area contributed by atoms with Crippen LogP contribution in [0.1, 0.15) is 49.5 Å². The molecule has 1 aromatic carbocycles. The lowest BCUT2D eigenvalue weighted by Crippen LogP contribution is -2.50. The smallest absolute Gasteiger partial charge is 0.449 e. The van der Waals surface area contributed by atoms with Crippen LogP contribution in [0.3, 0.4) is 0 Å². The van der Waals surface area contributed by atoms with E-state index in [1.807, 2.05) is 26.8 Å². The van der Waals surface area contributed by atoms with Gasteiger partial charge in [0.25, 0.3) is 0 Å². The van der Waals surface area contributed by atoms with Crippen molar-refractivity contribution in [3.05, 3.63) is 70.1 Å². The topological polar surface area (TPSA) is 38.7 Å². The number of allylic oxidation sites excluding steroid dienone is 4. The first-order chi connectivity index (χ1) is 14.6. The molecule has 160 valence electrons. The first-order valence-corrected chi connectivity index (χ1v) is 10.1. The average molecular weight is 423 g/mol. The summed E-state index contributed by atoms with van der Waals surface area (Å²) in [6.45, 7) is 7.20. The van der Waals surface area contributed by atoms with Crippen LogP contribution in [-0.4, -0.2) is 43.2 Å². The van der Waals surface area contributed by atoms with E-state index in [9.17, 15) is 13.4 Å². The van der Waals surface area contributed by atoms with Gasteiger partial charge in [-0.1, -0.05) is 24.1 Å². The molecule has 0 saturated carbocycles. The minimum atomic E-state index is -2.66. The molecule has 0 spiro atoms. The Labute approximate surface area is 182 Å². The average Bonchev–Trinajstić information content (AvgIpc) is 3.17. The van der Waals surface area contributed by atoms with E-state index in [0.29, 0.717) is 22.5 Å². The lowest BCUT2D eigenvalue weighted by atomic mass is 9.79. The minimum absolute atomic E-state index is 0.162. The van der Waals surface area contributed by atoms with Gasteiger partial charge in [-0.05, 0) is 44.1 Å². The number of ether oxygens (including phenoxy) is 1. The van der Waals surface area contributed by atoms with Crippen molar-refractivity contribution in [1.82, 2.24) is 0 Å². The molecule has 2 aliphatic rings. The lowest BCUT2D eigenvalue weighted by Gasteiger charge is -2.37. The third kappa shape index (κ3) is 3.88. The number of carbonyl (C=O) groups is 1.